The summed E-state index contributed by atoms with van der Waals surface area (Å²) in [6.45, 7) is 2.65. The van der Waals surface area contributed by atoms with Crippen LogP contribution < -0.4 is 4.90 Å². The fourth-order valence-corrected chi connectivity index (χ4v) is 1.88. The maximum atomic E-state index is 11.4. The minimum Gasteiger partial charge on any atom is -0.481 e. The van der Waals surface area contributed by atoms with Crippen LogP contribution in [-0.2, 0) is 16.0 Å². The Morgan fingerprint density at radius 3 is 2.61 bits per heavy atom. The third-order valence-corrected chi connectivity index (χ3v) is 2.97. The Hall–Kier alpha value is -2.04. The summed E-state index contributed by atoms with van der Waals surface area (Å²) in [6, 6.07) is 7.33. The number of ether oxygens (including phenoxy) is 1. The number of nitrogens with zero attached hydrogens (tertiary/aromatic N) is 1. The van der Waals surface area contributed by atoms with Gasteiger partial charge in [-0.05, 0) is 24.1 Å². The van der Waals surface area contributed by atoms with E-state index in [-0.39, 0.29) is 6.09 Å². The zero-order valence-electron chi connectivity index (χ0n) is 10.1. The van der Waals surface area contributed by atoms with Gasteiger partial charge in [-0.1, -0.05) is 19.1 Å². The summed E-state index contributed by atoms with van der Waals surface area (Å²) in [4.78, 5) is 23.7. The Morgan fingerprint density at radius 2 is 2.11 bits per heavy atom. The number of benzene rings is 1. The van der Waals surface area contributed by atoms with Gasteiger partial charge in [0.15, 0.2) is 0 Å². The fourth-order valence-electron chi connectivity index (χ4n) is 1.88. The van der Waals surface area contributed by atoms with Crippen molar-refractivity contribution in [2.75, 3.05) is 18.1 Å². The van der Waals surface area contributed by atoms with Crippen molar-refractivity contribution < 1.29 is 19.4 Å². The predicted octanol–water partition coefficient (Wildman–Crippen LogP) is 1.91. The second-order valence-electron chi connectivity index (χ2n) is 4.38. The van der Waals surface area contributed by atoms with Crippen molar-refractivity contribution in [3.05, 3.63) is 29.8 Å². The molecule has 5 heteroatoms. The average molecular weight is 249 g/mol. The van der Waals surface area contributed by atoms with Gasteiger partial charge in [0.1, 0.15) is 6.61 Å². The van der Waals surface area contributed by atoms with Crippen LogP contribution >= 0.6 is 0 Å². The molecule has 1 fully saturated rings. The molecule has 0 aromatic heterocycles. The van der Waals surface area contributed by atoms with Crippen LogP contribution in [0.2, 0.25) is 0 Å². The lowest BCUT2D eigenvalue weighted by Gasteiger charge is -2.13. The fraction of sp³-hybridized carbons (Fsp3) is 0.385. The number of amides is 1. The first kappa shape index (κ1) is 12.4. The predicted molar refractivity (Wildman–Crippen MR) is 65.6 cm³/mol. The van der Waals surface area contributed by atoms with Crippen LogP contribution in [0.4, 0.5) is 10.5 Å². The highest BCUT2D eigenvalue weighted by Gasteiger charge is 2.23. The lowest BCUT2D eigenvalue weighted by Crippen LogP contribution is -2.23. The molecule has 1 saturated heterocycles. The molecule has 1 aliphatic rings. The summed E-state index contributed by atoms with van der Waals surface area (Å²) >= 11 is 0. The summed E-state index contributed by atoms with van der Waals surface area (Å²) in [5.41, 5.74) is 1.73. The normalized spacial score (nSPS) is 16.5. The number of rotatable bonds is 4. The van der Waals surface area contributed by atoms with Crippen molar-refractivity contribution in [2.24, 2.45) is 5.92 Å². The minimum atomic E-state index is -0.804. The monoisotopic (exact) mass is 249 g/mol. The molecule has 1 aromatic carbocycles. The first-order chi connectivity index (χ1) is 8.58. The van der Waals surface area contributed by atoms with Crippen molar-refractivity contribution in [3.63, 3.8) is 0 Å². The number of carboxylic acid groups (broad SMARTS) is 1. The third-order valence-electron chi connectivity index (χ3n) is 2.97. The summed E-state index contributed by atoms with van der Waals surface area (Å²) in [7, 11) is 0. The Labute approximate surface area is 105 Å². The standard InChI is InChI=1S/C13H15NO4/c1-9(12(15)16)8-10-2-4-11(5-3-10)14-6-7-18-13(14)17/h2-5,9H,6-8H2,1H3,(H,15,16). The number of hydrogen-bond donors (Lipinski definition) is 1. The van der Waals surface area contributed by atoms with Gasteiger partial charge in [-0.25, -0.2) is 4.79 Å². The first-order valence-corrected chi connectivity index (χ1v) is 5.84. The summed E-state index contributed by atoms with van der Waals surface area (Å²) in [5, 5.41) is 8.84. The largest absolute Gasteiger partial charge is 0.481 e. The van der Waals surface area contributed by atoms with Gasteiger partial charge >= 0.3 is 12.1 Å². The van der Waals surface area contributed by atoms with E-state index in [0.717, 1.165) is 11.3 Å². The molecule has 1 aliphatic heterocycles. The molecule has 0 spiro atoms. The van der Waals surface area contributed by atoms with E-state index >= 15 is 0 Å². The molecule has 0 bridgehead atoms. The molecular weight excluding hydrogens is 234 g/mol. The minimum absolute atomic E-state index is 0.332. The van der Waals surface area contributed by atoms with Gasteiger partial charge in [-0.15, -0.1) is 0 Å². The van der Waals surface area contributed by atoms with Crippen LogP contribution in [0, 0.1) is 5.92 Å². The highest BCUT2D eigenvalue weighted by atomic mass is 16.6. The molecule has 1 amide bonds. The molecule has 1 unspecified atom stereocenters. The first-order valence-electron chi connectivity index (χ1n) is 5.84. The number of aliphatic carboxylic acids is 1. The van der Waals surface area contributed by atoms with Crippen LogP contribution in [0.15, 0.2) is 24.3 Å². The maximum Gasteiger partial charge on any atom is 0.414 e. The van der Waals surface area contributed by atoms with Gasteiger partial charge in [0.05, 0.1) is 12.5 Å². The Bertz CT molecular complexity index is 455. The van der Waals surface area contributed by atoms with Crippen LogP contribution in [0.5, 0.6) is 0 Å². The number of carboxylic acids is 1. The van der Waals surface area contributed by atoms with Gasteiger partial charge in [0.25, 0.3) is 0 Å². The van der Waals surface area contributed by atoms with Gasteiger partial charge in [0, 0.05) is 5.69 Å². The van der Waals surface area contributed by atoms with Crippen molar-refractivity contribution in [1.29, 1.82) is 0 Å². The zero-order valence-corrected chi connectivity index (χ0v) is 10.1. The van der Waals surface area contributed by atoms with E-state index in [2.05, 4.69) is 0 Å². The molecule has 1 aromatic rings. The van der Waals surface area contributed by atoms with Gasteiger partial charge in [-0.3, -0.25) is 9.69 Å². The van der Waals surface area contributed by atoms with Crippen LogP contribution in [-0.4, -0.2) is 30.3 Å². The highest BCUT2D eigenvalue weighted by Crippen LogP contribution is 2.20. The molecule has 5 nitrogen and oxygen atoms in total. The van der Waals surface area contributed by atoms with Crippen molar-refractivity contribution in [1.82, 2.24) is 0 Å². The number of cyclic esters (lactones) is 1. The second kappa shape index (κ2) is 5.08. The maximum absolute atomic E-state index is 11.4. The number of hydrogen-bond acceptors (Lipinski definition) is 3. The van der Waals surface area contributed by atoms with Crippen LogP contribution in [0.25, 0.3) is 0 Å². The van der Waals surface area contributed by atoms with Crippen molar-refractivity contribution >= 4 is 17.7 Å². The average Bonchev–Trinajstić information content (AvgIpc) is 2.76. The molecule has 1 heterocycles. The van der Waals surface area contributed by atoms with Crippen molar-refractivity contribution in [3.8, 4) is 0 Å². The van der Waals surface area contributed by atoms with Crippen LogP contribution in [0.1, 0.15) is 12.5 Å². The van der Waals surface area contributed by atoms with Crippen LogP contribution in [0.3, 0.4) is 0 Å². The Kier molecular flexibility index (Phi) is 3.50. The van der Waals surface area contributed by atoms with E-state index in [1.807, 2.05) is 24.3 Å². The molecule has 1 N–H and O–H groups in total. The topological polar surface area (TPSA) is 66.8 Å². The molecule has 96 valence electrons. The van der Waals surface area contributed by atoms with E-state index in [4.69, 9.17) is 9.84 Å². The summed E-state index contributed by atoms with van der Waals surface area (Å²) in [5.74, 6) is -1.21. The molecule has 0 aliphatic carbocycles. The molecule has 0 radical (unpaired) electrons. The lowest BCUT2D eigenvalue weighted by molar-refractivity contribution is -0.141. The van der Waals surface area contributed by atoms with E-state index in [0.29, 0.717) is 19.6 Å². The summed E-state index contributed by atoms with van der Waals surface area (Å²) in [6.07, 6.45) is 0.154. The second-order valence-corrected chi connectivity index (χ2v) is 4.38. The zero-order chi connectivity index (χ0) is 13.1. The quantitative estimate of drug-likeness (QED) is 0.885. The molecule has 2 rings (SSSR count). The number of anilines is 1. The number of carbonyl (C=O) groups excluding carboxylic acids is 1. The summed E-state index contributed by atoms with van der Waals surface area (Å²) < 4.78 is 4.86. The smallest absolute Gasteiger partial charge is 0.414 e. The van der Waals surface area contributed by atoms with Gasteiger partial charge < -0.3 is 9.84 Å². The Balaban J connectivity index is 2.05. The highest BCUT2D eigenvalue weighted by molar-refractivity contribution is 5.89. The van der Waals surface area contributed by atoms with Gasteiger partial charge in [-0.2, -0.15) is 0 Å². The van der Waals surface area contributed by atoms with E-state index < -0.39 is 11.9 Å². The lowest BCUT2D eigenvalue weighted by atomic mass is 10.0. The molecular formula is C13H15NO4. The molecule has 1 atom stereocenters. The molecule has 18 heavy (non-hydrogen) atoms. The van der Waals surface area contributed by atoms with E-state index in [9.17, 15) is 9.59 Å². The van der Waals surface area contributed by atoms with E-state index in [1.54, 1.807) is 11.8 Å². The number of carbonyl (C=O) groups is 2. The third kappa shape index (κ3) is 2.61. The molecule has 0 saturated carbocycles. The SMILES string of the molecule is CC(Cc1ccc(N2CCOC2=O)cc1)C(=O)O. The van der Waals surface area contributed by atoms with Gasteiger partial charge in [0.2, 0.25) is 0 Å². The van der Waals surface area contributed by atoms with E-state index in [1.165, 1.54) is 0 Å². The Morgan fingerprint density at radius 1 is 1.44 bits per heavy atom. The van der Waals surface area contributed by atoms with Crippen molar-refractivity contribution in [2.45, 2.75) is 13.3 Å².